The van der Waals surface area contributed by atoms with Crippen molar-refractivity contribution >= 4 is 11.6 Å². The minimum atomic E-state index is -0.938. The van der Waals surface area contributed by atoms with Crippen molar-refractivity contribution in [2.45, 2.75) is 57.8 Å². The summed E-state index contributed by atoms with van der Waals surface area (Å²) in [6, 6.07) is 0. The smallest absolute Gasteiger partial charge is 0.113 e. The lowest BCUT2D eigenvalue weighted by atomic mass is 9.80. The Kier molecular flexibility index (Phi) is 3.72. The molecule has 0 saturated carbocycles. The molecule has 0 aliphatic carbocycles. The summed E-state index contributed by atoms with van der Waals surface area (Å²) in [7, 11) is 0. The zero-order valence-electron chi connectivity index (χ0n) is 11.2. The van der Waals surface area contributed by atoms with Gasteiger partial charge in [-0.05, 0) is 20.3 Å². The molecule has 0 radical (unpaired) electrons. The molecular formula is C13H21ClN2O2. The first-order valence-electron chi connectivity index (χ1n) is 6.52. The second kappa shape index (κ2) is 4.83. The van der Waals surface area contributed by atoms with Gasteiger partial charge >= 0.3 is 0 Å². The predicted octanol–water partition coefficient (Wildman–Crippen LogP) is 2.72. The number of aromatic nitrogens is 2. The summed E-state index contributed by atoms with van der Waals surface area (Å²) in [6.07, 6.45) is 3.60. The van der Waals surface area contributed by atoms with Gasteiger partial charge in [-0.3, -0.25) is 4.68 Å². The van der Waals surface area contributed by atoms with Gasteiger partial charge in [0.1, 0.15) is 5.60 Å². The summed E-state index contributed by atoms with van der Waals surface area (Å²) < 4.78 is 7.57. The first-order valence-corrected chi connectivity index (χ1v) is 6.90. The van der Waals surface area contributed by atoms with Gasteiger partial charge in [0, 0.05) is 19.4 Å². The van der Waals surface area contributed by atoms with Crippen LogP contribution in [-0.2, 0) is 16.9 Å². The minimum Gasteiger partial charge on any atom is -0.383 e. The van der Waals surface area contributed by atoms with Crippen molar-refractivity contribution in [3.05, 3.63) is 16.9 Å². The molecule has 18 heavy (non-hydrogen) atoms. The molecule has 1 aromatic rings. The predicted molar refractivity (Wildman–Crippen MR) is 70.7 cm³/mol. The Morgan fingerprint density at radius 2 is 2.28 bits per heavy atom. The number of ether oxygens (including phenoxy) is 1. The third-order valence-corrected chi connectivity index (χ3v) is 4.19. The highest BCUT2D eigenvalue weighted by molar-refractivity contribution is 6.31. The summed E-state index contributed by atoms with van der Waals surface area (Å²) in [5.74, 6) is 0. The number of rotatable bonds is 3. The molecule has 1 N–H and O–H groups in total. The van der Waals surface area contributed by atoms with Gasteiger partial charge in [0.25, 0.3) is 0 Å². The Morgan fingerprint density at radius 3 is 2.89 bits per heavy atom. The van der Waals surface area contributed by atoms with Crippen LogP contribution in [0.5, 0.6) is 0 Å². The van der Waals surface area contributed by atoms with E-state index in [9.17, 15) is 5.11 Å². The largest absolute Gasteiger partial charge is 0.383 e. The van der Waals surface area contributed by atoms with Gasteiger partial charge in [0.15, 0.2) is 0 Å². The number of nitrogens with zero attached hydrogens (tertiary/aromatic N) is 2. The molecule has 5 heteroatoms. The molecular weight excluding hydrogens is 252 g/mol. The molecule has 1 saturated heterocycles. The minimum absolute atomic E-state index is 0.292. The van der Waals surface area contributed by atoms with Crippen LogP contribution in [0.3, 0.4) is 0 Å². The first-order chi connectivity index (χ1) is 8.44. The lowest BCUT2D eigenvalue weighted by Crippen LogP contribution is -2.46. The maximum atomic E-state index is 11.0. The van der Waals surface area contributed by atoms with Gasteiger partial charge in [-0.1, -0.05) is 18.5 Å². The number of halogens is 1. The number of aliphatic hydroxyl groups is 1. The SMILES string of the molecule is CCn1ncc(Cl)c1C1(O)CCOC(C)(CC)C1. The van der Waals surface area contributed by atoms with Crippen molar-refractivity contribution in [3.63, 3.8) is 0 Å². The lowest BCUT2D eigenvalue weighted by Gasteiger charge is -2.43. The van der Waals surface area contributed by atoms with Crippen LogP contribution in [-0.4, -0.2) is 27.1 Å². The standard InChI is InChI=1S/C13H21ClN2O2/c1-4-12(3)9-13(17,6-7-18-12)11-10(14)8-15-16(11)5-2/h8,17H,4-7,9H2,1-3H3. The maximum Gasteiger partial charge on any atom is 0.113 e. The summed E-state index contributed by atoms with van der Waals surface area (Å²) in [5.41, 5.74) is -0.499. The topological polar surface area (TPSA) is 47.3 Å². The summed E-state index contributed by atoms with van der Waals surface area (Å²) >= 11 is 6.20. The monoisotopic (exact) mass is 272 g/mol. The van der Waals surface area contributed by atoms with Crippen LogP contribution in [0.2, 0.25) is 5.02 Å². The van der Waals surface area contributed by atoms with Gasteiger partial charge in [-0.15, -0.1) is 0 Å². The lowest BCUT2D eigenvalue weighted by molar-refractivity contribution is -0.160. The van der Waals surface area contributed by atoms with Crippen LogP contribution in [0.25, 0.3) is 0 Å². The fourth-order valence-electron chi connectivity index (χ4n) is 2.72. The van der Waals surface area contributed by atoms with Crippen LogP contribution >= 0.6 is 11.6 Å². The van der Waals surface area contributed by atoms with Crippen LogP contribution in [0.1, 0.15) is 45.7 Å². The number of hydrogen-bond acceptors (Lipinski definition) is 3. The summed E-state index contributed by atoms with van der Waals surface area (Å²) in [4.78, 5) is 0. The van der Waals surface area contributed by atoms with Gasteiger partial charge in [-0.25, -0.2) is 0 Å². The quantitative estimate of drug-likeness (QED) is 0.920. The maximum absolute atomic E-state index is 11.0. The van der Waals surface area contributed by atoms with E-state index in [1.165, 1.54) is 0 Å². The normalized spacial score (nSPS) is 32.7. The molecule has 2 unspecified atom stereocenters. The molecule has 1 aromatic heterocycles. The van der Waals surface area contributed by atoms with Gasteiger partial charge in [-0.2, -0.15) is 5.10 Å². The van der Waals surface area contributed by atoms with E-state index in [2.05, 4.69) is 12.0 Å². The van der Waals surface area contributed by atoms with E-state index in [0.29, 0.717) is 31.0 Å². The molecule has 4 nitrogen and oxygen atoms in total. The van der Waals surface area contributed by atoms with Crippen molar-refractivity contribution < 1.29 is 9.84 Å². The first kappa shape index (κ1) is 13.8. The summed E-state index contributed by atoms with van der Waals surface area (Å²) in [6.45, 7) is 7.36. The van der Waals surface area contributed by atoms with E-state index < -0.39 is 5.60 Å². The Bertz CT molecular complexity index is 435. The van der Waals surface area contributed by atoms with Crippen molar-refractivity contribution in [1.82, 2.24) is 9.78 Å². The highest BCUT2D eigenvalue weighted by Gasteiger charge is 2.45. The van der Waals surface area contributed by atoms with Crippen LogP contribution < -0.4 is 0 Å². The molecule has 2 heterocycles. The summed E-state index contributed by atoms with van der Waals surface area (Å²) in [5, 5.41) is 15.7. The fourth-order valence-corrected chi connectivity index (χ4v) is 3.04. The molecule has 102 valence electrons. The van der Waals surface area contributed by atoms with Crippen LogP contribution in [0.4, 0.5) is 0 Å². The van der Waals surface area contributed by atoms with E-state index in [-0.39, 0.29) is 5.60 Å². The molecule has 0 amide bonds. The third kappa shape index (κ3) is 2.29. The Morgan fingerprint density at radius 1 is 1.56 bits per heavy atom. The molecule has 0 bridgehead atoms. The van der Waals surface area contributed by atoms with E-state index in [4.69, 9.17) is 16.3 Å². The van der Waals surface area contributed by atoms with Crippen LogP contribution in [0, 0.1) is 0 Å². The average Bonchev–Trinajstić information content (AvgIpc) is 2.71. The molecule has 1 fully saturated rings. The van der Waals surface area contributed by atoms with Crippen molar-refractivity contribution in [3.8, 4) is 0 Å². The second-order valence-corrected chi connectivity index (χ2v) is 5.67. The molecule has 0 aromatic carbocycles. The van der Waals surface area contributed by atoms with Crippen molar-refractivity contribution in [1.29, 1.82) is 0 Å². The molecule has 1 aliphatic heterocycles. The highest BCUT2D eigenvalue weighted by Crippen LogP contribution is 2.43. The Balaban J connectivity index is 2.38. The molecule has 2 atom stereocenters. The van der Waals surface area contributed by atoms with E-state index in [1.54, 1.807) is 10.9 Å². The van der Waals surface area contributed by atoms with E-state index in [0.717, 1.165) is 12.1 Å². The third-order valence-electron chi connectivity index (χ3n) is 3.92. The average molecular weight is 273 g/mol. The van der Waals surface area contributed by atoms with Crippen molar-refractivity contribution in [2.24, 2.45) is 0 Å². The highest BCUT2D eigenvalue weighted by atomic mass is 35.5. The Labute approximate surface area is 113 Å². The van der Waals surface area contributed by atoms with Gasteiger partial charge in [0.2, 0.25) is 0 Å². The second-order valence-electron chi connectivity index (χ2n) is 5.27. The van der Waals surface area contributed by atoms with Crippen LogP contribution in [0.15, 0.2) is 6.20 Å². The number of hydrogen-bond donors (Lipinski definition) is 1. The Hall–Kier alpha value is -0.580. The zero-order valence-corrected chi connectivity index (χ0v) is 12.0. The van der Waals surface area contributed by atoms with E-state index in [1.807, 2.05) is 13.8 Å². The molecule has 1 aliphatic rings. The molecule has 0 spiro atoms. The number of aryl methyl sites for hydroxylation is 1. The van der Waals surface area contributed by atoms with Gasteiger partial charge < -0.3 is 9.84 Å². The van der Waals surface area contributed by atoms with Gasteiger partial charge in [0.05, 0.1) is 29.1 Å². The fraction of sp³-hybridized carbons (Fsp3) is 0.769. The van der Waals surface area contributed by atoms with Crippen molar-refractivity contribution in [2.75, 3.05) is 6.61 Å². The zero-order chi connectivity index (χ0) is 13.4. The molecule has 2 rings (SSSR count). The van der Waals surface area contributed by atoms with E-state index >= 15 is 0 Å².